The Morgan fingerprint density at radius 3 is 1.59 bits per heavy atom. The van der Waals surface area contributed by atoms with Gasteiger partial charge in [0.25, 0.3) is 0 Å². The predicted molar refractivity (Wildman–Crippen MR) is 226 cm³/mol. The fourth-order valence-electron chi connectivity index (χ4n) is 5.62. The van der Waals surface area contributed by atoms with Crippen molar-refractivity contribution in [3.8, 4) is 0 Å². The van der Waals surface area contributed by atoms with Gasteiger partial charge in [0.1, 0.15) is 12.7 Å². The molecule has 0 aliphatic carbocycles. The zero-order valence-corrected chi connectivity index (χ0v) is 37.2. The summed E-state index contributed by atoms with van der Waals surface area (Å²) in [6.07, 6.45) is 32.6. The molecule has 0 rings (SSSR count). The van der Waals surface area contributed by atoms with Gasteiger partial charge in [0.2, 0.25) is 0 Å². The monoisotopic (exact) mass is 866 g/mol. The number of aliphatic hydroxyl groups excluding tert-OH is 1. The molecule has 0 saturated heterocycles. The second-order valence-corrected chi connectivity index (χ2v) is 17.3. The Labute approximate surface area is 348 Å². The predicted octanol–water partition coefficient (Wildman–Crippen LogP) is 10.1. The zero-order chi connectivity index (χ0) is 43.2. The van der Waals surface area contributed by atoms with Crippen LogP contribution in [0.15, 0.2) is 36.5 Å². The normalized spacial score (nSPS) is 14.3. The topological polar surface area (TPSA) is 212 Å². The number of hydrogen-bond acceptors (Lipinski definition) is 11. The van der Waals surface area contributed by atoms with E-state index in [1.165, 1.54) is 38.5 Å². The summed E-state index contributed by atoms with van der Waals surface area (Å²) in [6.45, 7) is 1.54. The van der Waals surface area contributed by atoms with Gasteiger partial charge in [-0.15, -0.1) is 0 Å². The third-order valence-electron chi connectivity index (χ3n) is 8.97. The number of allylic oxidation sites excluding steroid dienone is 6. The van der Waals surface area contributed by atoms with E-state index in [0.29, 0.717) is 19.3 Å². The van der Waals surface area contributed by atoms with Crippen LogP contribution in [0, 0.1) is 0 Å². The third-order valence-corrected chi connectivity index (χ3v) is 10.4. The fraction of sp³-hybridized carbons (Fsp3) is 0.786. The van der Waals surface area contributed by atoms with E-state index in [-0.39, 0.29) is 18.6 Å². The van der Waals surface area contributed by atoms with Crippen molar-refractivity contribution in [1.29, 1.82) is 0 Å². The van der Waals surface area contributed by atoms with Gasteiger partial charge < -0.3 is 29.3 Å². The third kappa shape index (κ3) is 40.8. The minimum Gasteiger partial charge on any atom is -0.462 e. The van der Waals surface area contributed by atoms with E-state index in [2.05, 4.69) is 35.0 Å². The minimum atomic E-state index is -4.87. The molecule has 0 fully saturated rings. The summed E-state index contributed by atoms with van der Waals surface area (Å²) in [5.74, 6) is -0.946. The molecule has 338 valence electrons. The van der Waals surface area contributed by atoms with Gasteiger partial charge in [-0.1, -0.05) is 128 Å². The highest BCUT2D eigenvalue weighted by molar-refractivity contribution is 7.47. The average Bonchev–Trinajstić information content (AvgIpc) is 3.17. The van der Waals surface area contributed by atoms with Gasteiger partial charge >= 0.3 is 27.6 Å². The molecule has 0 amide bonds. The maximum absolute atomic E-state index is 12.6. The van der Waals surface area contributed by atoms with Gasteiger partial charge in [0.05, 0.1) is 19.8 Å². The molecule has 1 unspecified atom stereocenters. The number of esters is 2. The lowest BCUT2D eigenvalue weighted by molar-refractivity contribution is -0.161. The van der Waals surface area contributed by atoms with Crippen LogP contribution in [0.1, 0.15) is 174 Å². The number of ether oxygens (including phenoxy) is 2. The molecular formula is C42H76O14P2. The van der Waals surface area contributed by atoms with Crippen molar-refractivity contribution in [3.63, 3.8) is 0 Å². The summed E-state index contributed by atoms with van der Waals surface area (Å²) in [7, 11) is -9.70. The molecule has 16 heteroatoms. The smallest absolute Gasteiger partial charge is 0.462 e. The first kappa shape index (κ1) is 56.0. The van der Waals surface area contributed by atoms with Gasteiger partial charge in [-0.3, -0.25) is 28.0 Å². The Morgan fingerprint density at radius 1 is 0.534 bits per heavy atom. The van der Waals surface area contributed by atoms with Crippen LogP contribution in [0.5, 0.6) is 0 Å². The molecule has 0 radical (unpaired) electrons. The van der Waals surface area contributed by atoms with Crippen molar-refractivity contribution in [2.45, 2.75) is 187 Å². The fourth-order valence-corrected chi connectivity index (χ4v) is 6.77. The molecular weight excluding hydrogens is 790 g/mol. The summed E-state index contributed by atoms with van der Waals surface area (Å²) in [5.41, 5.74) is 0. The number of aliphatic hydroxyl groups is 1. The lowest BCUT2D eigenvalue weighted by Crippen LogP contribution is -2.30. The first-order valence-corrected chi connectivity index (χ1v) is 24.7. The summed E-state index contributed by atoms with van der Waals surface area (Å²) in [4.78, 5) is 64.4. The first-order chi connectivity index (χ1) is 27.8. The van der Waals surface area contributed by atoms with Crippen LogP contribution in [-0.4, -0.2) is 76.1 Å². The van der Waals surface area contributed by atoms with E-state index < -0.39 is 66.2 Å². The van der Waals surface area contributed by atoms with Crippen LogP contribution in [0.4, 0.5) is 0 Å². The summed E-state index contributed by atoms with van der Waals surface area (Å²) in [6, 6.07) is 0. The molecule has 0 aromatic heterocycles. The number of ketones is 1. The molecule has 4 N–H and O–H groups in total. The van der Waals surface area contributed by atoms with Crippen LogP contribution in [-0.2, 0) is 46.6 Å². The van der Waals surface area contributed by atoms with E-state index >= 15 is 0 Å². The van der Waals surface area contributed by atoms with Crippen molar-refractivity contribution in [2.24, 2.45) is 0 Å². The van der Waals surface area contributed by atoms with Gasteiger partial charge in [0, 0.05) is 19.3 Å². The molecule has 0 aromatic carbocycles. The van der Waals surface area contributed by atoms with Crippen molar-refractivity contribution in [2.75, 3.05) is 26.4 Å². The minimum absolute atomic E-state index is 0.109. The molecule has 58 heavy (non-hydrogen) atoms. The Hall–Kier alpha value is -1.99. The van der Waals surface area contributed by atoms with Gasteiger partial charge in [-0.25, -0.2) is 9.13 Å². The molecule has 0 aliphatic rings. The molecule has 0 heterocycles. The Kier molecular flexibility index (Phi) is 36.7. The van der Waals surface area contributed by atoms with E-state index in [1.54, 1.807) is 12.2 Å². The van der Waals surface area contributed by atoms with Crippen molar-refractivity contribution < 1.29 is 66.3 Å². The quantitative estimate of drug-likeness (QED) is 0.0112. The summed E-state index contributed by atoms with van der Waals surface area (Å²) >= 11 is 0. The van der Waals surface area contributed by atoms with E-state index in [0.717, 1.165) is 89.9 Å². The Bertz CT molecular complexity index is 1230. The van der Waals surface area contributed by atoms with Crippen LogP contribution >= 0.6 is 15.6 Å². The SMILES string of the molecule is CCCCCC/C=C\CCCCCCCCCC(=O)O[C@H](COC(=O)CCCCCCC/C=C\C=C\C(=O)CCCCC)COP(=O)(O)OC[C@@H](O)COP(=O)(O)O. The molecule has 0 spiro atoms. The molecule has 3 atom stereocenters. The number of carbonyl (C=O) groups excluding carboxylic acids is 3. The standard InChI is InChI=1S/C42H76O14P2/c1-3-5-7-8-9-10-11-12-13-14-15-18-22-25-29-33-42(46)56-40(37-55-58(50,51)54-35-39(44)34-53-57(47,48)49)36-52-41(45)32-28-24-21-19-16-17-20-23-27-31-38(43)30-26-6-4-2/h10-11,20,23,27,31,39-40,44H,3-9,12-19,21-22,24-26,28-30,32-37H2,1-2H3,(H,50,51)(H2,47,48,49)/b11-10-,23-20-,31-27+/t39-,40+/m0/s1. The van der Waals surface area contributed by atoms with Crippen LogP contribution in [0.3, 0.4) is 0 Å². The van der Waals surface area contributed by atoms with E-state index in [9.17, 15) is 33.5 Å². The number of carbonyl (C=O) groups is 3. The van der Waals surface area contributed by atoms with Gasteiger partial charge in [-0.2, -0.15) is 0 Å². The maximum Gasteiger partial charge on any atom is 0.472 e. The number of hydrogen-bond donors (Lipinski definition) is 4. The van der Waals surface area contributed by atoms with Gasteiger partial charge in [-0.05, 0) is 63.9 Å². The summed E-state index contributed by atoms with van der Waals surface area (Å²) in [5, 5.41) is 9.74. The highest BCUT2D eigenvalue weighted by atomic mass is 31.2. The lowest BCUT2D eigenvalue weighted by Gasteiger charge is -2.20. The van der Waals surface area contributed by atoms with Gasteiger partial charge in [0.15, 0.2) is 11.9 Å². The molecule has 0 saturated carbocycles. The summed E-state index contributed by atoms with van der Waals surface area (Å²) < 4.78 is 47.7. The number of phosphoric ester groups is 2. The van der Waals surface area contributed by atoms with Crippen molar-refractivity contribution >= 4 is 33.4 Å². The van der Waals surface area contributed by atoms with E-state index in [1.807, 2.05) is 12.2 Å². The highest BCUT2D eigenvalue weighted by Gasteiger charge is 2.28. The maximum atomic E-state index is 12.6. The largest absolute Gasteiger partial charge is 0.472 e. The first-order valence-electron chi connectivity index (χ1n) is 21.6. The molecule has 0 aromatic rings. The van der Waals surface area contributed by atoms with Crippen molar-refractivity contribution in [3.05, 3.63) is 36.5 Å². The molecule has 14 nitrogen and oxygen atoms in total. The van der Waals surface area contributed by atoms with Crippen LogP contribution in [0.25, 0.3) is 0 Å². The highest BCUT2D eigenvalue weighted by Crippen LogP contribution is 2.43. The molecule has 0 aliphatic heterocycles. The Morgan fingerprint density at radius 2 is 1.00 bits per heavy atom. The second-order valence-electron chi connectivity index (χ2n) is 14.6. The molecule has 0 bridgehead atoms. The average molecular weight is 867 g/mol. The number of phosphoric acid groups is 2. The number of rotatable bonds is 41. The Balaban J connectivity index is 4.59. The zero-order valence-electron chi connectivity index (χ0n) is 35.4. The second kappa shape index (κ2) is 38.0. The van der Waals surface area contributed by atoms with Crippen LogP contribution < -0.4 is 0 Å². The van der Waals surface area contributed by atoms with Crippen molar-refractivity contribution in [1.82, 2.24) is 0 Å². The lowest BCUT2D eigenvalue weighted by atomic mass is 10.1. The van der Waals surface area contributed by atoms with Crippen LogP contribution in [0.2, 0.25) is 0 Å². The van der Waals surface area contributed by atoms with E-state index in [4.69, 9.17) is 23.8 Å². The number of unbranched alkanes of at least 4 members (excludes halogenated alkanes) is 18.